The molecule has 0 atom stereocenters. The molecule has 2 rings (SSSR count). The van der Waals surface area contributed by atoms with Crippen LogP contribution in [0.3, 0.4) is 0 Å². The second kappa shape index (κ2) is 10.6. The van der Waals surface area contributed by atoms with Gasteiger partial charge in [-0.05, 0) is 30.5 Å². The molecule has 30 heavy (non-hydrogen) atoms. The van der Waals surface area contributed by atoms with Crippen LogP contribution in [0.4, 0.5) is 22.0 Å². The molecule has 1 saturated heterocycles. The standard InChI is InChI=1S/C19H26F5N5O/c1-25-18(26-10-17(30)28(2)12-19(22,23)24)27-14-5-7-29(8-6-14)11-13-3-4-15(20)16(21)9-13/h3-4,9,14H,5-8,10-12H2,1-2H3,(H2,25,26,27). The molecule has 11 heteroatoms. The third kappa shape index (κ3) is 7.77. The van der Waals surface area contributed by atoms with Crippen LogP contribution in [0, 0.1) is 11.6 Å². The zero-order chi connectivity index (χ0) is 22.3. The van der Waals surface area contributed by atoms with Gasteiger partial charge in [0.2, 0.25) is 5.91 Å². The highest BCUT2D eigenvalue weighted by molar-refractivity contribution is 5.86. The zero-order valence-electron chi connectivity index (χ0n) is 16.9. The van der Waals surface area contributed by atoms with Crippen LogP contribution < -0.4 is 10.6 Å². The Kier molecular flexibility index (Phi) is 8.39. The van der Waals surface area contributed by atoms with Crippen LogP contribution >= 0.6 is 0 Å². The number of benzene rings is 1. The number of nitrogens with one attached hydrogen (secondary N) is 2. The fraction of sp³-hybridized carbons (Fsp3) is 0.579. The van der Waals surface area contributed by atoms with Crippen LogP contribution in [-0.4, -0.2) is 74.2 Å². The maximum atomic E-state index is 13.3. The van der Waals surface area contributed by atoms with Gasteiger partial charge >= 0.3 is 6.18 Å². The summed E-state index contributed by atoms with van der Waals surface area (Å²) in [5, 5.41) is 5.89. The smallest absolute Gasteiger partial charge is 0.354 e. The Morgan fingerprint density at radius 1 is 1.23 bits per heavy atom. The number of aliphatic imine (C=N–C) groups is 1. The molecule has 2 N–H and O–H groups in total. The number of amides is 1. The molecular formula is C19H26F5N5O. The van der Waals surface area contributed by atoms with E-state index in [1.807, 2.05) is 0 Å². The third-order valence-corrected chi connectivity index (χ3v) is 4.79. The Hall–Kier alpha value is -2.43. The van der Waals surface area contributed by atoms with Crippen molar-refractivity contribution in [1.29, 1.82) is 0 Å². The van der Waals surface area contributed by atoms with Gasteiger partial charge in [0.1, 0.15) is 6.54 Å². The molecule has 1 heterocycles. The van der Waals surface area contributed by atoms with E-state index < -0.39 is 30.3 Å². The van der Waals surface area contributed by atoms with E-state index in [-0.39, 0.29) is 12.6 Å². The van der Waals surface area contributed by atoms with Crippen LogP contribution in [0.1, 0.15) is 18.4 Å². The van der Waals surface area contributed by atoms with E-state index >= 15 is 0 Å². The number of hydrogen-bond acceptors (Lipinski definition) is 3. The molecule has 6 nitrogen and oxygen atoms in total. The van der Waals surface area contributed by atoms with Crippen LogP contribution in [0.15, 0.2) is 23.2 Å². The quantitative estimate of drug-likeness (QED) is 0.408. The summed E-state index contributed by atoms with van der Waals surface area (Å²) in [6, 6.07) is 3.93. The number of guanidine groups is 1. The molecule has 0 bridgehead atoms. The third-order valence-electron chi connectivity index (χ3n) is 4.79. The Labute approximate surface area is 172 Å². The fourth-order valence-corrected chi connectivity index (χ4v) is 3.17. The van der Waals surface area contributed by atoms with Gasteiger partial charge in [-0.2, -0.15) is 13.2 Å². The normalized spacial score (nSPS) is 16.4. The lowest BCUT2D eigenvalue weighted by molar-refractivity contribution is -0.157. The summed E-state index contributed by atoms with van der Waals surface area (Å²) in [4.78, 5) is 18.6. The number of carbonyl (C=O) groups is 1. The summed E-state index contributed by atoms with van der Waals surface area (Å²) in [6.45, 7) is 0.343. The molecule has 1 fully saturated rings. The lowest BCUT2D eigenvalue weighted by Gasteiger charge is -2.33. The van der Waals surface area contributed by atoms with Gasteiger partial charge in [-0.25, -0.2) is 8.78 Å². The van der Waals surface area contributed by atoms with E-state index in [1.54, 1.807) is 6.07 Å². The zero-order valence-corrected chi connectivity index (χ0v) is 16.9. The van der Waals surface area contributed by atoms with Crippen molar-refractivity contribution in [3.05, 3.63) is 35.4 Å². The molecule has 0 radical (unpaired) electrons. The first kappa shape index (κ1) is 23.8. The molecule has 1 aromatic rings. The second-order valence-corrected chi connectivity index (χ2v) is 7.23. The van der Waals surface area contributed by atoms with Crippen molar-refractivity contribution in [3.8, 4) is 0 Å². The van der Waals surface area contributed by atoms with E-state index in [0.29, 0.717) is 23.0 Å². The van der Waals surface area contributed by atoms with Crippen molar-refractivity contribution >= 4 is 11.9 Å². The van der Waals surface area contributed by atoms with E-state index in [9.17, 15) is 26.7 Å². The van der Waals surface area contributed by atoms with Gasteiger partial charge in [0.15, 0.2) is 17.6 Å². The highest BCUT2D eigenvalue weighted by atomic mass is 19.4. The van der Waals surface area contributed by atoms with E-state index in [1.165, 1.54) is 13.1 Å². The van der Waals surface area contributed by atoms with E-state index in [4.69, 9.17) is 0 Å². The number of piperidine rings is 1. The minimum absolute atomic E-state index is 0.0698. The van der Waals surface area contributed by atoms with Crippen molar-refractivity contribution in [2.45, 2.75) is 31.6 Å². The number of likely N-dealkylation sites (tertiary alicyclic amines) is 1. The molecule has 0 aliphatic carbocycles. The first-order valence-corrected chi connectivity index (χ1v) is 9.51. The molecule has 1 aliphatic heterocycles. The van der Waals surface area contributed by atoms with E-state index in [2.05, 4.69) is 20.5 Å². The van der Waals surface area contributed by atoms with Gasteiger partial charge in [-0.3, -0.25) is 14.7 Å². The summed E-state index contributed by atoms with van der Waals surface area (Å²) in [5.74, 6) is -2.10. The van der Waals surface area contributed by atoms with Crippen molar-refractivity contribution in [1.82, 2.24) is 20.4 Å². The highest BCUT2D eigenvalue weighted by Crippen LogP contribution is 2.16. The topological polar surface area (TPSA) is 60.0 Å². The van der Waals surface area contributed by atoms with E-state index in [0.717, 1.165) is 39.0 Å². The first-order chi connectivity index (χ1) is 14.1. The molecule has 1 aromatic carbocycles. The molecule has 1 amide bonds. The van der Waals surface area contributed by atoms with Crippen LogP contribution in [0.5, 0.6) is 0 Å². The molecule has 0 spiro atoms. The molecular weight excluding hydrogens is 409 g/mol. The lowest BCUT2D eigenvalue weighted by atomic mass is 10.0. The van der Waals surface area contributed by atoms with Crippen molar-refractivity contribution in [2.75, 3.05) is 40.3 Å². The maximum Gasteiger partial charge on any atom is 0.406 e. The van der Waals surface area contributed by atoms with Crippen LogP contribution in [-0.2, 0) is 11.3 Å². The van der Waals surface area contributed by atoms with Crippen molar-refractivity contribution in [3.63, 3.8) is 0 Å². The summed E-state index contributed by atoms with van der Waals surface area (Å²) < 4.78 is 63.4. The average Bonchev–Trinajstić information content (AvgIpc) is 2.67. The summed E-state index contributed by atoms with van der Waals surface area (Å²) in [6.07, 6.45) is -2.93. The molecule has 0 aromatic heterocycles. The number of carbonyl (C=O) groups excluding carboxylic acids is 1. The number of hydrogen-bond donors (Lipinski definition) is 2. The second-order valence-electron chi connectivity index (χ2n) is 7.23. The number of nitrogens with zero attached hydrogens (tertiary/aromatic N) is 3. The molecule has 1 aliphatic rings. The Morgan fingerprint density at radius 3 is 2.47 bits per heavy atom. The molecule has 0 saturated carbocycles. The largest absolute Gasteiger partial charge is 0.406 e. The minimum Gasteiger partial charge on any atom is -0.354 e. The summed E-state index contributed by atoms with van der Waals surface area (Å²) in [7, 11) is 2.61. The summed E-state index contributed by atoms with van der Waals surface area (Å²) in [5.41, 5.74) is 0.694. The summed E-state index contributed by atoms with van der Waals surface area (Å²) >= 11 is 0. The number of rotatable bonds is 6. The Morgan fingerprint density at radius 2 is 1.90 bits per heavy atom. The minimum atomic E-state index is -4.45. The van der Waals surface area contributed by atoms with Crippen molar-refractivity contribution in [2.24, 2.45) is 4.99 Å². The van der Waals surface area contributed by atoms with Gasteiger partial charge < -0.3 is 15.5 Å². The van der Waals surface area contributed by atoms with Gasteiger partial charge in [0, 0.05) is 39.8 Å². The lowest BCUT2D eigenvalue weighted by Crippen LogP contribution is -2.50. The maximum absolute atomic E-state index is 13.3. The molecule has 0 unspecified atom stereocenters. The monoisotopic (exact) mass is 435 g/mol. The van der Waals surface area contributed by atoms with Crippen molar-refractivity contribution < 1.29 is 26.7 Å². The Balaban J connectivity index is 1.74. The number of likely N-dealkylation sites (N-methyl/N-ethyl adjacent to an activating group) is 1. The Bertz CT molecular complexity index is 747. The predicted octanol–water partition coefficient (Wildman–Crippen LogP) is 2.11. The van der Waals surface area contributed by atoms with Crippen LogP contribution in [0.2, 0.25) is 0 Å². The van der Waals surface area contributed by atoms with Gasteiger partial charge in [0.25, 0.3) is 0 Å². The first-order valence-electron chi connectivity index (χ1n) is 9.51. The number of halogens is 5. The van der Waals surface area contributed by atoms with Crippen LogP contribution in [0.25, 0.3) is 0 Å². The molecule has 168 valence electrons. The predicted molar refractivity (Wildman–Crippen MR) is 103 cm³/mol. The van der Waals surface area contributed by atoms with Gasteiger partial charge in [-0.1, -0.05) is 6.07 Å². The SMILES string of the molecule is CN=C(NCC(=O)N(C)CC(F)(F)F)NC1CCN(Cc2ccc(F)c(F)c2)CC1. The van der Waals surface area contributed by atoms with Gasteiger partial charge in [-0.15, -0.1) is 0 Å². The van der Waals surface area contributed by atoms with Gasteiger partial charge in [0.05, 0.1) is 6.54 Å². The number of alkyl halides is 3. The highest BCUT2D eigenvalue weighted by Gasteiger charge is 2.31. The average molecular weight is 435 g/mol. The fourth-order valence-electron chi connectivity index (χ4n) is 3.17.